The molecule has 6 heteroatoms. The van der Waals surface area contributed by atoms with E-state index in [1.54, 1.807) is 6.20 Å². The van der Waals surface area contributed by atoms with E-state index in [-0.39, 0.29) is 11.6 Å². The molecule has 0 atom stereocenters. The van der Waals surface area contributed by atoms with Crippen molar-refractivity contribution in [3.05, 3.63) is 53.9 Å². The monoisotopic (exact) mass is 341 g/mol. The fourth-order valence-corrected chi connectivity index (χ4v) is 3.22. The summed E-state index contributed by atoms with van der Waals surface area (Å²) in [6.45, 7) is 7.96. The van der Waals surface area contributed by atoms with Gasteiger partial charge in [-0.15, -0.1) is 0 Å². The number of carbonyl (C=O) groups excluding carboxylic acids is 1. The maximum atomic E-state index is 12.6. The van der Waals surface area contributed by atoms with Gasteiger partial charge in [-0.25, -0.2) is 4.79 Å². The minimum absolute atomic E-state index is 0.00525. The Labute approximate surface area is 149 Å². The normalized spacial score (nSPS) is 17.1. The zero-order valence-corrected chi connectivity index (χ0v) is 15.0. The SMILES string of the molecule is CC1(C)CN(C(=O)NCc2ccccc2Cn2cccn2)CCCN1. The van der Waals surface area contributed by atoms with Gasteiger partial charge in [0, 0.05) is 37.6 Å². The predicted octanol–water partition coefficient (Wildman–Crippen LogP) is 2.21. The molecule has 1 aromatic heterocycles. The molecule has 3 rings (SSSR count). The number of benzene rings is 1. The van der Waals surface area contributed by atoms with Crippen LogP contribution in [0.1, 0.15) is 31.4 Å². The lowest BCUT2D eigenvalue weighted by Gasteiger charge is -2.30. The highest BCUT2D eigenvalue weighted by molar-refractivity contribution is 5.74. The van der Waals surface area contributed by atoms with Crippen molar-refractivity contribution < 1.29 is 4.79 Å². The Morgan fingerprint density at radius 1 is 1.28 bits per heavy atom. The van der Waals surface area contributed by atoms with Crippen molar-refractivity contribution in [2.75, 3.05) is 19.6 Å². The Hall–Kier alpha value is -2.34. The molecular formula is C19H27N5O. The molecule has 1 aliphatic rings. The second kappa shape index (κ2) is 7.70. The molecule has 0 saturated carbocycles. The summed E-state index contributed by atoms with van der Waals surface area (Å²) in [7, 11) is 0. The molecule has 0 aliphatic carbocycles. The van der Waals surface area contributed by atoms with E-state index in [1.807, 2.05) is 34.0 Å². The highest BCUT2D eigenvalue weighted by Crippen LogP contribution is 2.13. The van der Waals surface area contributed by atoms with Gasteiger partial charge in [0.2, 0.25) is 0 Å². The second-order valence-corrected chi connectivity index (χ2v) is 7.22. The topological polar surface area (TPSA) is 62.2 Å². The minimum Gasteiger partial charge on any atom is -0.334 e. The van der Waals surface area contributed by atoms with Crippen LogP contribution in [0, 0.1) is 0 Å². The number of hydrogen-bond acceptors (Lipinski definition) is 3. The maximum absolute atomic E-state index is 12.6. The summed E-state index contributed by atoms with van der Waals surface area (Å²) in [5, 5.41) is 10.8. The Kier molecular flexibility index (Phi) is 5.38. The minimum atomic E-state index is -0.0498. The molecule has 1 aliphatic heterocycles. The van der Waals surface area contributed by atoms with Gasteiger partial charge in [-0.1, -0.05) is 24.3 Å². The van der Waals surface area contributed by atoms with E-state index in [9.17, 15) is 4.79 Å². The van der Waals surface area contributed by atoms with E-state index in [0.717, 1.165) is 25.1 Å². The third-order valence-corrected chi connectivity index (χ3v) is 4.52. The molecule has 1 aromatic carbocycles. The van der Waals surface area contributed by atoms with Crippen molar-refractivity contribution in [1.82, 2.24) is 25.3 Å². The van der Waals surface area contributed by atoms with Crippen molar-refractivity contribution in [2.24, 2.45) is 0 Å². The second-order valence-electron chi connectivity index (χ2n) is 7.22. The molecule has 2 aromatic rings. The van der Waals surface area contributed by atoms with Gasteiger partial charge in [-0.05, 0) is 44.0 Å². The van der Waals surface area contributed by atoms with Crippen LogP contribution in [0.2, 0.25) is 0 Å². The van der Waals surface area contributed by atoms with Crippen LogP contribution in [0.5, 0.6) is 0 Å². The van der Waals surface area contributed by atoms with Crippen LogP contribution in [0.4, 0.5) is 4.79 Å². The maximum Gasteiger partial charge on any atom is 0.317 e. The van der Waals surface area contributed by atoms with Crippen LogP contribution in [0.3, 0.4) is 0 Å². The van der Waals surface area contributed by atoms with E-state index in [0.29, 0.717) is 19.6 Å². The molecular weight excluding hydrogens is 314 g/mol. The first-order valence-electron chi connectivity index (χ1n) is 8.85. The van der Waals surface area contributed by atoms with Gasteiger partial charge in [0.05, 0.1) is 6.54 Å². The third-order valence-electron chi connectivity index (χ3n) is 4.52. The number of nitrogens with zero attached hydrogens (tertiary/aromatic N) is 3. The average molecular weight is 341 g/mol. The van der Waals surface area contributed by atoms with Gasteiger partial charge in [-0.2, -0.15) is 5.10 Å². The van der Waals surface area contributed by atoms with E-state index in [1.165, 1.54) is 5.56 Å². The third kappa shape index (κ3) is 4.82. The highest BCUT2D eigenvalue weighted by atomic mass is 16.2. The summed E-state index contributed by atoms with van der Waals surface area (Å²) in [6.07, 6.45) is 4.70. The Morgan fingerprint density at radius 3 is 2.84 bits per heavy atom. The van der Waals surface area contributed by atoms with E-state index in [2.05, 4.69) is 41.7 Å². The van der Waals surface area contributed by atoms with Gasteiger partial charge in [-0.3, -0.25) is 4.68 Å². The van der Waals surface area contributed by atoms with Crippen LogP contribution < -0.4 is 10.6 Å². The van der Waals surface area contributed by atoms with Crippen LogP contribution in [-0.4, -0.2) is 45.9 Å². The van der Waals surface area contributed by atoms with Gasteiger partial charge < -0.3 is 15.5 Å². The first kappa shape index (κ1) is 17.5. The molecule has 25 heavy (non-hydrogen) atoms. The van der Waals surface area contributed by atoms with Crippen molar-refractivity contribution >= 4 is 6.03 Å². The Balaban J connectivity index is 1.62. The first-order valence-corrected chi connectivity index (χ1v) is 8.85. The molecule has 1 fully saturated rings. The van der Waals surface area contributed by atoms with Crippen molar-refractivity contribution in [1.29, 1.82) is 0 Å². The lowest BCUT2D eigenvalue weighted by atomic mass is 10.1. The highest BCUT2D eigenvalue weighted by Gasteiger charge is 2.26. The molecule has 2 amide bonds. The molecule has 134 valence electrons. The Bertz CT molecular complexity index is 696. The Morgan fingerprint density at radius 2 is 2.08 bits per heavy atom. The summed E-state index contributed by atoms with van der Waals surface area (Å²) < 4.78 is 1.89. The molecule has 1 saturated heterocycles. The van der Waals surface area contributed by atoms with Crippen LogP contribution in [0.25, 0.3) is 0 Å². The molecule has 0 radical (unpaired) electrons. The van der Waals surface area contributed by atoms with Gasteiger partial charge in [0.1, 0.15) is 0 Å². The lowest BCUT2D eigenvalue weighted by Crippen LogP contribution is -2.50. The molecule has 6 nitrogen and oxygen atoms in total. The van der Waals surface area contributed by atoms with E-state index < -0.39 is 0 Å². The molecule has 0 bridgehead atoms. The van der Waals surface area contributed by atoms with Crippen LogP contribution in [0.15, 0.2) is 42.7 Å². The summed E-state index contributed by atoms with van der Waals surface area (Å²) in [4.78, 5) is 14.5. The van der Waals surface area contributed by atoms with Crippen molar-refractivity contribution in [3.63, 3.8) is 0 Å². The van der Waals surface area contributed by atoms with Gasteiger partial charge in [0.25, 0.3) is 0 Å². The molecule has 0 unspecified atom stereocenters. The zero-order chi connectivity index (χ0) is 17.7. The fourth-order valence-electron chi connectivity index (χ4n) is 3.22. The number of aromatic nitrogens is 2. The largest absolute Gasteiger partial charge is 0.334 e. The number of amides is 2. The lowest BCUT2D eigenvalue weighted by molar-refractivity contribution is 0.187. The molecule has 2 N–H and O–H groups in total. The van der Waals surface area contributed by atoms with Crippen molar-refractivity contribution in [3.8, 4) is 0 Å². The first-order chi connectivity index (χ1) is 12.0. The average Bonchev–Trinajstić information content (AvgIpc) is 3.02. The zero-order valence-electron chi connectivity index (χ0n) is 15.0. The summed E-state index contributed by atoms with van der Waals surface area (Å²) >= 11 is 0. The quantitative estimate of drug-likeness (QED) is 0.896. The number of rotatable bonds is 4. The predicted molar refractivity (Wildman–Crippen MR) is 98.3 cm³/mol. The van der Waals surface area contributed by atoms with Crippen molar-refractivity contribution in [2.45, 2.75) is 38.9 Å². The number of urea groups is 1. The number of hydrogen-bond donors (Lipinski definition) is 2. The van der Waals surface area contributed by atoms with Crippen LogP contribution in [-0.2, 0) is 13.1 Å². The standard InChI is InChI=1S/C19H27N5O/c1-19(2)15-23(11-5-9-21-19)18(25)20-13-16-7-3-4-8-17(16)14-24-12-6-10-22-24/h3-4,6-8,10,12,21H,5,9,11,13-15H2,1-2H3,(H,20,25). The molecule has 0 spiro atoms. The number of carbonyl (C=O) groups is 1. The number of nitrogens with one attached hydrogen (secondary N) is 2. The fraction of sp³-hybridized carbons (Fsp3) is 0.474. The van der Waals surface area contributed by atoms with Gasteiger partial charge >= 0.3 is 6.03 Å². The van der Waals surface area contributed by atoms with E-state index >= 15 is 0 Å². The van der Waals surface area contributed by atoms with E-state index in [4.69, 9.17) is 0 Å². The molecule has 2 heterocycles. The summed E-state index contributed by atoms with van der Waals surface area (Å²) in [5.41, 5.74) is 2.24. The van der Waals surface area contributed by atoms with Crippen LogP contribution >= 0.6 is 0 Å². The smallest absolute Gasteiger partial charge is 0.317 e. The van der Waals surface area contributed by atoms with Gasteiger partial charge in [0.15, 0.2) is 0 Å². The summed E-state index contributed by atoms with van der Waals surface area (Å²) in [6, 6.07) is 10.1. The summed E-state index contributed by atoms with van der Waals surface area (Å²) in [5.74, 6) is 0.